The second-order valence-electron chi connectivity index (χ2n) is 4.37. The lowest BCUT2D eigenvalue weighted by molar-refractivity contribution is 0.104. The standard InChI is InChI=1S/C13H20N2O/c1-2-16-9-13(15-14)12-7-10-5-3-4-6-11(10)8-12/h3-6,12-13,15H,2,7-9,14H2,1H3. The monoisotopic (exact) mass is 220 g/mol. The number of fused-ring (bicyclic) bond motifs is 1. The molecule has 0 spiro atoms. The zero-order valence-corrected chi connectivity index (χ0v) is 9.78. The zero-order valence-electron chi connectivity index (χ0n) is 9.78. The van der Waals surface area contributed by atoms with Crippen LogP contribution in [0.2, 0.25) is 0 Å². The summed E-state index contributed by atoms with van der Waals surface area (Å²) < 4.78 is 5.46. The lowest BCUT2D eigenvalue weighted by atomic mass is 9.98. The average Bonchev–Trinajstić information content (AvgIpc) is 2.73. The summed E-state index contributed by atoms with van der Waals surface area (Å²) in [6.07, 6.45) is 2.22. The summed E-state index contributed by atoms with van der Waals surface area (Å²) in [5, 5.41) is 0. The fourth-order valence-electron chi connectivity index (χ4n) is 2.44. The van der Waals surface area contributed by atoms with Gasteiger partial charge in [-0.2, -0.15) is 0 Å². The molecule has 0 bridgehead atoms. The summed E-state index contributed by atoms with van der Waals surface area (Å²) in [7, 11) is 0. The Bertz CT molecular complexity index is 315. The number of hydrogen-bond acceptors (Lipinski definition) is 3. The van der Waals surface area contributed by atoms with Crippen molar-refractivity contribution in [2.75, 3.05) is 13.2 Å². The highest BCUT2D eigenvalue weighted by atomic mass is 16.5. The Morgan fingerprint density at radius 3 is 2.50 bits per heavy atom. The van der Waals surface area contributed by atoms with E-state index in [1.54, 1.807) is 0 Å². The van der Waals surface area contributed by atoms with Crippen molar-refractivity contribution in [1.29, 1.82) is 0 Å². The summed E-state index contributed by atoms with van der Waals surface area (Å²) in [4.78, 5) is 0. The summed E-state index contributed by atoms with van der Waals surface area (Å²) >= 11 is 0. The van der Waals surface area contributed by atoms with E-state index in [0.29, 0.717) is 12.5 Å². The van der Waals surface area contributed by atoms with Crippen molar-refractivity contribution in [3.8, 4) is 0 Å². The predicted octanol–water partition coefficient (Wildman–Crippen LogP) is 1.27. The first-order valence-corrected chi connectivity index (χ1v) is 5.95. The first kappa shape index (κ1) is 11.6. The van der Waals surface area contributed by atoms with E-state index in [1.807, 2.05) is 6.92 Å². The topological polar surface area (TPSA) is 47.3 Å². The number of hydrazine groups is 1. The van der Waals surface area contributed by atoms with Gasteiger partial charge in [0.25, 0.3) is 0 Å². The molecule has 0 radical (unpaired) electrons. The third kappa shape index (κ3) is 2.43. The molecule has 88 valence electrons. The molecule has 1 aliphatic rings. The maximum atomic E-state index is 5.60. The highest BCUT2D eigenvalue weighted by Gasteiger charge is 2.27. The molecule has 2 rings (SSSR count). The van der Waals surface area contributed by atoms with Crippen molar-refractivity contribution in [1.82, 2.24) is 5.43 Å². The number of nitrogens with one attached hydrogen (secondary N) is 1. The summed E-state index contributed by atoms with van der Waals surface area (Å²) in [5.41, 5.74) is 5.81. The molecule has 1 aromatic rings. The second kappa shape index (κ2) is 5.43. The molecule has 0 aliphatic heterocycles. The Kier molecular flexibility index (Phi) is 3.93. The molecule has 0 fully saturated rings. The van der Waals surface area contributed by atoms with Crippen LogP contribution in [0.4, 0.5) is 0 Å². The fraction of sp³-hybridized carbons (Fsp3) is 0.538. The van der Waals surface area contributed by atoms with Crippen LogP contribution in [-0.2, 0) is 17.6 Å². The molecule has 0 saturated carbocycles. The van der Waals surface area contributed by atoms with E-state index in [-0.39, 0.29) is 6.04 Å². The normalized spacial score (nSPS) is 17.4. The van der Waals surface area contributed by atoms with Gasteiger partial charge >= 0.3 is 0 Å². The minimum absolute atomic E-state index is 0.257. The van der Waals surface area contributed by atoms with Crippen LogP contribution in [0.5, 0.6) is 0 Å². The number of nitrogens with two attached hydrogens (primary N) is 1. The number of ether oxygens (including phenoxy) is 1. The van der Waals surface area contributed by atoms with Crippen molar-refractivity contribution in [3.05, 3.63) is 35.4 Å². The summed E-state index contributed by atoms with van der Waals surface area (Å²) in [5.74, 6) is 6.16. The second-order valence-corrected chi connectivity index (χ2v) is 4.37. The molecule has 1 aromatic carbocycles. The van der Waals surface area contributed by atoms with Gasteiger partial charge in [-0.3, -0.25) is 11.3 Å². The van der Waals surface area contributed by atoms with Gasteiger partial charge in [0.2, 0.25) is 0 Å². The quantitative estimate of drug-likeness (QED) is 0.580. The van der Waals surface area contributed by atoms with E-state index >= 15 is 0 Å². The first-order chi connectivity index (χ1) is 7.85. The van der Waals surface area contributed by atoms with Crippen LogP contribution in [0, 0.1) is 5.92 Å². The molecule has 1 atom stereocenters. The first-order valence-electron chi connectivity index (χ1n) is 5.95. The van der Waals surface area contributed by atoms with Crippen LogP contribution in [-0.4, -0.2) is 19.3 Å². The molecular weight excluding hydrogens is 200 g/mol. The smallest absolute Gasteiger partial charge is 0.0635 e. The van der Waals surface area contributed by atoms with Crippen molar-refractivity contribution < 1.29 is 4.74 Å². The highest BCUT2D eigenvalue weighted by Crippen LogP contribution is 2.28. The highest BCUT2D eigenvalue weighted by molar-refractivity contribution is 5.32. The van der Waals surface area contributed by atoms with Crippen LogP contribution in [0.25, 0.3) is 0 Å². The Morgan fingerprint density at radius 1 is 1.38 bits per heavy atom. The van der Waals surface area contributed by atoms with Crippen LogP contribution >= 0.6 is 0 Å². The van der Waals surface area contributed by atoms with Gasteiger partial charge in [-0.15, -0.1) is 0 Å². The number of benzene rings is 1. The summed E-state index contributed by atoms with van der Waals surface area (Å²) in [6.45, 7) is 3.46. The van der Waals surface area contributed by atoms with E-state index in [2.05, 4.69) is 29.7 Å². The van der Waals surface area contributed by atoms with E-state index < -0.39 is 0 Å². The minimum atomic E-state index is 0.257. The maximum absolute atomic E-state index is 5.60. The third-order valence-electron chi connectivity index (χ3n) is 3.37. The van der Waals surface area contributed by atoms with Gasteiger partial charge < -0.3 is 4.74 Å². The molecule has 0 saturated heterocycles. The molecular formula is C13H20N2O. The minimum Gasteiger partial charge on any atom is -0.380 e. The molecule has 0 heterocycles. The molecule has 3 heteroatoms. The molecule has 1 unspecified atom stereocenters. The Labute approximate surface area is 97.0 Å². The average molecular weight is 220 g/mol. The van der Waals surface area contributed by atoms with Gasteiger partial charge in [-0.25, -0.2) is 0 Å². The van der Waals surface area contributed by atoms with E-state index in [9.17, 15) is 0 Å². The molecule has 3 nitrogen and oxygen atoms in total. The Balaban J connectivity index is 1.98. The van der Waals surface area contributed by atoms with Crippen LogP contribution in [0.3, 0.4) is 0 Å². The Morgan fingerprint density at radius 2 is 2.00 bits per heavy atom. The summed E-state index contributed by atoms with van der Waals surface area (Å²) in [6, 6.07) is 8.89. The SMILES string of the molecule is CCOCC(NN)C1Cc2ccccc2C1. The molecule has 16 heavy (non-hydrogen) atoms. The Hall–Kier alpha value is -0.900. The lowest BCUT2D eigenvalue weighted by Crippen LogP contribution is -2.44. The van der Waals surface area contributed by atoms with E-state index in [1.165, 1.54) is 11.1 Å². The van der Waals surface area contributed by atoms with Crippen molar-refractivity contribution in [2.24, 2.45) is 11.8 Å². The van der Waals surface area contributed by atoms with E-state index in [0.717, 1.165) is 19.4 Å². The maximum Gasteiger partial charge on any atom is 0.0635 e. The van der Waals surface area contributed by atoms with Crippen molar-refractivity contribution in [2.45, 2.75) is 25.8 Å². The lowest BCUT2D eigenvalue weighted by Gasteiger charge is -2.22. The third-order valence-corrected chi connectivity index (χ3v) is 3.37. The fourth-order valence-corrected chi connectivity index (χ4v) is 2.44. The number of hydrogen-bond donors (Lipinski definition) is 2. The molecule has 1 aliphatic carbocycles. The number of rotatable bonds is 5. The van der Waals surface area contributed by atoms with Crippen LogP contribution in [0.1, 0.15) is 18.1 Å². The van der Waals surface area contributed by atoms with Crippen LogP contribution < -0.4 is 11.3 Å². The van der Waals surface area contributed by atoms with Gasteiger partial charge in [0.15, 0.2) is 0 Å². The van der Waals surface area contributed by atoms with Crippen molar-refractivity contribution in [3.63, 3.8) is 0 Å². The van der Waals surface area contributed by atoms with Crippen LogP contribution in [0.15, 0.2) is 24.3 Å². The zero-order chi connectivity index (χ0) is 11.4. The molecule has 0 amide bonds. The van der Waals surface area contributed by atoms with Gasteiger partial charge in [0, 0.05) is 12.6 Å². The largest absolute Gasteiger partial charge is 0.380 e. The van der Waals surface area contributed by atoms with Crippen molar-refractivity contribution >= 4 is 0 Å². The molecule has 3 N–H and O–H groups in total. The van der Waals surface area contributed by atoms with Gasteiger partial charge in [0.05, 0.1) is 6.61 Å². The van der Waals surface area contributed by atoms with Gasteiger partial charge in [-0.1, -0.05) is 24.3 Å². The van der Waals surface area contributed by atoms with E-state index in [4.69, 9.17) is 10.6 Å². The molecule has 0 aromatic heterocycles. The van der Waals surface area contributed by atoms with Gasteiger partial charge in [0.1, 0.15) is 0 Å². The van der Waals surface area contributed by atoms with Gasteiger partial charge in [-0.05, 0) is 36.8 Å². The predicted molar refractivity (Wildman–Crippen MR) is 64.9 cm³/mol.